The molecule has 0 fully saturated rings. The highest BCUT2D eigenvalue weighted by atomic mass is 79.9. The van der Waals surface area contributed by atoms with Gasteiger partial charge in [0.25, 0.3) is 10.0 Å². The van der Waals surface area contributed by atoms with Crippen LogP contribution in [-0.2, 0) is 10.0 Å². The fourth-order valence-electron chi connectivity index (χ4n) is 1.69. The summed E-state index contributed by atoms with van der Waals surface area (Å²) in [5.41, 5.74) is 0.656. The number of carboxylic acids is 1. The number of halogens is 2. The maximum atomic E-state index is 12.4. The summed E-state index contributed by atoms with van der Waals surface area (Å²) in [6.07, 6.45) is 0. The number of sulfonamides is 1. The second-order valence-electron chi connectivity index (χ2n) is 4.08. The molecule has 2 N–H and O–H groups in total. The number of nitrogens with one attached hydrogen (secondary N) is 1. The molecule has 0 radical (unpaired) electrons. The molecule has 0 aliphatic carbocycles. The lowest BCUT2D eigenvalue weighted by atomic mass is 10.1. The maximum absolute atomic E-state index is 12.4. The highest BCUT2D eigenvalue weighted by molar-refractivity contribution is 9.12. The van der Waals surface area contributed by atoms with E-state index in [-0.39, 0.29) is 16.1 Å². The van der Waals surface area contributed by atoms with E-state index in [1.807, 2.05) is 0 Å². The van der Waals surface area contributed by atoms with Crippen molar-refractivity contribution in [2.45, 2.75) is 11.8 Å². The van der Waals surface area contributed by atoms with Crippen molar-refractivity contribution in [2.75, 3.05) is 4.72 Å². The molecule has 0 aliphatic heterocycles. The largest absolute Gasteiger partial charge is 0.478 e. The third-order valence-corrected chi connectivity index (χ3v) is 6.84. The Balaban J connectivity index is 2.45. The van der Waals surface area contributed by atoms with Crippen LogP contribution in [0.25, 0.3) is 0 Å². The van der Waals surface area contributed by atoms with Crippen molar-refractivity contribution in [1.29, 1.82) is 0 Å². The molecule has 112 valence electrons. The van der Waals surface area contributed by atoms with E-state index in [1.165, 1.54) is 35.6 Å². The summed E-state index contributed by atoms with van der Waals surface area (Å²) in [7, 11) is -3.80. The molecular weight excluding hydrogens is 446 g/mol. The monoisotopic (exact) mass is 453 g/mol. The Bertz CT molecular complexity index is 815. The van der Waals surface area contributed by atoms with Gasteiger partial charge in [0.15, 0.2) is 0 Å². The quantitative estimate of drug-likeness (QED) is 0.728. The average molecular weight is 455 g/mol. The molecule has 1 aromatic heterocycles. The Morgan fingerprint density at radius 3 is 2.52 bits per heavy atom. The van der Waals surface area contributed by atoms with Crippen LogP contribution in [-0.4, -0.2) is 19.5 Å². The second-order valence-corrected chi connectivity index (χ2v) is 9.48. The van der Waals surface area contributed by atoms with E-state index >= 15 is 0 Å². The number of aromatic carboxylic acids is 1. The van der Waals surface area contributed by atoms with E-state index in [4.69, 9.17) is 5.11 Å². The van der Waals surface area contributed by atoms with Gasteiger partial charge in [0.05, 0.1) is 18.8 Å². The number of anilines is 1. The van der Waals surface area contributed by atoms with Crippen LogP contribution in [0.3, 0.4) is 0 Å². The van der Waals surface area contributed by atoms with E-state index < -0.39 is 16.0 Å². The van der Waals surface area contributed by atoms with Crippen molar-refractivity contribution in [3.8, 4) is 0 Å². The highest BCUT2D eigenvalue weighted by Crippen LogP contribution is 2.36. The summed E-state index contributed by atoms with van der Waals surface area (Å²) in [5.74, 6) is -1.10. The zero-order valence-corrected chi connectivity index (χ0v) is 15.4. The molecule has 1 heterocycles. The van der Waals surface area contributed by atoms with Crippen LogP contribution in [0, 0.1) is 6.92 Å². The highest BCUT2D eigenvalue weighted by Gasteiger charge is 2.22. The SMILES string of the molecule is Cc1c(NS(=O)(=O)c2cc(Br)sc2Br)cccc1C(=O)O. The van der Waals surface area contributed by atoms with Gasteiger partial charge in [-0.05, 0) is 62.5 Å². The van der Waals surface area contributed by atoms with Crippen molar-refractivity contribution in [1.82, 2.24) is 0 Å². The first-order valence-electron chi connectivity index (χ1n) is 5.53. The Morgan fingerprint density at radius 1 is 1.33 bits per heavy atom. The minimum atomic E-state index is -3.80. The summed E-state index contributed by atoms with van der Waals surface area (Å²) in [6, 6.07) is 5.92. The minimum Gasteiger partial charge on any atom is -0.478 e. The first-order valence-corrected chi connectivity index (χ1v) is 9.41. The first-order chi connectivity index (χ1) is 9.72. The van der Waals surface area contributed by atoms with Gasteiger partial charge in [-0.2, -0.15) is 0 Å². The number of carboxylic acid groups (broad SMARTS) is 1. The van der Waals surface area contributed by atoms with Crippen molar-refractivity contribution < 1.29 is 18.3 Å². The number of hydrogen-bond donors (Lipinski definition) is 2. The lowest BCUT2D eigenvalue weighted by Crippen LogP contribution is -2.14. The fourth-order valence-corrected chi connectivity index (χ4v) is 6.62. The number of benzene rings is 1. The van der Waals surface area contributed by atoms with Gasteiger partial charge in [-0.25, -0.2) is 13.2 Å². The van der Waals surface area contributed by atoms with Crippen molar-refractivity contribution >= 4 is 64.9 Å². The van der Waals surface area contributed by atoms with Crippen LogP contribution in [0.15, 0.2) is 36.7 Å². The molecule has 0 unspecified atom stereocenters. The van der Waals surface area contributed by atoms with E-state index in [1.54, 1.807) is 6.92 Å². The Morgan fingerprint density at radius 2 is 2.00 bits per heavy atom. The van der Waals surface area contributed by atoms with Gasteiger partial charge >= 0.3 is 5.97 Å². The van der Waals surface area contributed by atoms with Gasteiger partial charge in [-0.15, -0.1) is 11.3 Å². The normalized spacial score (nSPS) is 11.4. The van der Waals surface area contributed by atoms with Crippen LogP contribution >= 0.6 is 43.2 Å². The molecule has 0 saturated carbocycles. The van der Waals surface area contributed by atoms with Crippen LogP contribution in [0.4, 0.5) is 5.69 Å². The van der Waals surface area contributed by atoms with Crippen molar-refractivity contribution in [3.05, 3.63) is 43.0 Å². The van der Waals surface area contributed by atoms with Gasteiger partial charge in [-0.3, -0.25) is 4.72 Å². The van der Waals surface area contributed by atoms with Crippen LogP contribution in [0.2, 0.25) is 0 Å². The lowest BCUT2D eigenvalue weighted by molar-refractivity contribution is 0.0696. The number of thiophene rings is 1. The van der Waals surface area contributed by atoms with Crippen molar-refractivity contribution in [3.63, 3.8) is 0 Å². The Labute approximate surface area is 142 Å². The van der Waals surface area contributed by atoms with Crippen molar-refractivity contribution in [2.24, 2.45) is 0 Å². The second kappa shape index (κ2) is 6.07. The minimum absolute atomic E-state index is 0.0563. The molecule has 0 bridgehead atoms. The Hall–Kier alpha value is -0.900. The molecule has 0 amide bonds. The predicted molar refractivity (Wildman–Crippen MR) is 88.7 cm³/mol. The molecule has 21 heavy (non-hydrogen) atoms. The molecular formula is C12H9Br2NO4S2. The van der Waals surface area contributed by atoms with Crippen LogP contribution < -0.4 is 4.72 Å². The molecule has 5 nitrogen and oxygen atoms in total. The third kappa shape index (κ3) is 3.47. The summed E-state index contributed by atoms with van der Waals surface area (Å²) in [4.78, 5) is 11.2. The maximum Gasteiger partial charge on any atom is 0.336 e. The van der Waals surface area contributed by atoms with Crippen LogP contribution in [0.5, 0.6) is 0 Å². The molecule has 0 saturated heterocycles. The zero-order chi connectivity index (χ0) is 15.8. The van der Waals surface area contributed by atoms with Gasteiger partial charge in [0.2, 0.25) is 0 Å². The molecule has 1 aromatic carbocycles. The summed E-state index contributed by atoms with van der Waals surface area (Å²) in [5, 5.41) is 9.06. The number of hydrogen-bond acceptors (Lipinski definition) is 4. The summed E-state index contributed by atoms with van der Waals surface area (Å²) in [6.45, 7) is 1.56. The van der Waals surface area contributed by atoms with E-state index in [2.05, 4.69) is 36.6 Å². The van der Waals surface area contributed by atoms with E-state index in [0.29, 0.717) is 13.1 Å². The Kier molecular flexibility index (Phi) is 4.76. The fraction of sp³-hybridized carbons (Fsp3) is 0.0833. The van der Waals surface area contributed by atoms with E-state index in [0.717, 1.165) is 0 Å². The standard InChI is InChI=1S/C12H9Br2NO4S2/c1-6-7(12(16)17)3-2-4-8(6)15-21(18,19)9-5-10(13)20-11(9)14/h2-5,15H,1H3,(H,16,17). The lowest BCUT2D eigenvalue weighted by Gasteiger charge is -2.11. The predicted octanol–water partition coefficient (Wildman–Crippen LogP) is 4.08. The van der Waals surface area contributed by atoms with E-state index in [9.17, 15) is 13.2 Å². The molecule has 2 aromatic rings. The van der Waals surface area contributed by atoms with Gasteiger partial charge in [0, 0.05) is 0 Å². The first kappa shape index (κ1) is 16.5. The van der Waals surface area contributed by atoms with Gasteiger partial charge in [-0.1, -0.05) is 6.07 Å². The molecule has 0 aliphatic rings. The molecule has 0 spiro atoms. The zero-order valence-electron chi connectivity index (χ0n) is 10.6. The number of rotatable bonds is 4. The van der Waals surface area contributed by atoms with Gasteiger partial charge in [0.1, 0.15) is 4.90 Å². The smallest absolute Gasteiger partial charge is 0.336 e. The molecule has 9 heteroatoms. The number of carbonyl (C=O) groups is 1. The summed E-state index contributed by atoms with van der Waals surface area (Å²) >= 11 is 7.66. The topological polar surface area (TPSA) is 83.5 Å². The van der Waals surface area contributed by atoms with Crippen LogP contribution in [0.1, 0.15) is 15.9 Å². The summed E-state index contributed by atoms with van der Waals surface area (Å²) < 4.78 is 28.3. The molecule has 2 rings (SSSR count). The average Bonchev–Trinajstić information content (AvgIpc) is 2.71. The van der Waals surface area contributed by atoms with Gasteiger partial charge < -0.3 is 5.11 Å². The molecule has 0 atom stereocenters. The third-order valence-electron chi connectivity index (χ3n) is 2.72.